The fourth-order valence-electron chi connectivity index (χ4n) is 1.62. The summed E-state index contributed by atoms with van der Waals surface area (Å²) in [6.45, 7) is 0.303. The zero-order chi connectivity index (χ0) is 14.9. The molecule has 0 atom stereocenters. The van der Waals surface area contributed by atoms with Gasteiger partial charge in [-0.2, -0.15) is 13.2 Å². The van der Waals surface area contributed by atoms with Gasteiger partial charge in [-0.1, -0.05) is 0 Å². The monoisotopic (exact) mass is 286 g/mol. The molecule has 108 valence electrons. The lowest BCUT2D eigenvalue weighted by Gasteiger charge is -2.19. The van der Waals surface area contributed by atoms with Crippen molar-refractivity contribution in [3.05, 3.63) is 30.1 Å². The maximum atomic E-state index is 12.6. The minimum Gasteiger partial charge on any atom is -0.384 e. The van der Waals surface area contributed by atoms with E-state index in [-0.39, 0.29) is 11.6 Å². The number of nitrogens with zero attached hydrogens (tertiary/aromatic N) is 5. The first-order chi connectivity index (χ1) is 9.27. The standard InChI is InChI=1S/C11H13F3N6/c1-19-4-3-16-9(19)6-20(2)8-5-7(15)17-10(18-8)11(12,13)14/h3-5H,6H2,1-2H3,(H2,15,17,18). The van der Waals surface area contributed by atoms with Crippen LogP contribution in [-0.4, -0.2) is 26.6 Å². The summed E-state index contributed by atoms with van der Waals surface area (Å²) in [5.41, 5.74) is 5.40. The van der Waals surface area contributed by atoms with Gasteiger partial charge in [-0.25, -0.2) is 15.0 Å². The van der Waals surface area contributed by atoms with E-state index in [9.17, 15) is 13.2 Å². The molecule has 0 aliphatic carbocycles. The number of halogens is 3. The number of nitrogens with two attached hydrogens (primary N) is 1. The van der Waals surface area contributed by atoms with E-state index in [4.69, 9.17) is 5.73 Å². The second-order valence-corrected chi connectivity index (χ2v) is 4.28. The van der Waals surface area contributed by atoms with Gasteiger partial charge < -0.3 is 15.2 Å². The summed E-state index contributed by atoms with van der Waals surface area (Å²) in [7, 11) is 3.41. The van der Waals surface area contributed by atoms with Crippen LogP contribution in [0.1, 0.15) is 11.6 Å². The lowest BCUT2D eigenvalue weighted by molar-refractivity contribution is -0.144. The number of rotatable bonds is 3. The minimum atomic E-state index is -4.63. The molecule has 0 amide bonds. The largest absolute Gasteiger partial charge is 0.451 e. The predicted molar refractivity (Wildman–Crippen MR) is 66.8 cm³/mol. The molecule has 9 heteroatoms. The van der Waals surface area contributed by atoms with Crippen molar-refractivity contribution < 1.29 is 13.2 Å². The molecular weight excluding hydrogens is 273 g/mol. The molecule has 0 spiro atoms. The van der Waals surface area contributed by atoms with Crippen LogP contribution in [0.5, 0.6) is 0 Å². The molecule has 0 unspecified atom stereocenters. The van der Waals surface area contributed by atoms with Gasteiger partial charge in [-0.15, -0.1) is 0 Å². The molecule has 0 aliphatic heterocycles. The minimum absolute atomic E-state index is 0.0906. The molecule has 0 fully saturated rings. The van der Waals surface area contributed by atoms with Gasteiger partial charge in [0, 0.05) is 32.6 Å². The van der Waals surface area contributed by atoms with Crippen molar-refractivity contribution >= 4 is 11.6 Å². The predicted octanol–water partition coefficient (Wildman–Crippen LogP) is 1.45. The zero-order valence-corrected chi connectivity index (χ0v) is 10.9. The zero-order valence-electron chi connectivity index (χ0n) is 10.9. The number of aryl methyl sites for hydroxylation is 1. The van der Waals surface area contributed by atoms with Gasteiger partial charge in [0.1, 0.15) is 17.5 Å². The van der Waals surface area contributed by atoms with Gasteiger partial charge in [-0.3, -0.25) is 0 Å². The van der Waals surface area contributed by atoms with Crippen LogP contribution in [0.4, 0.5) is 24.8 Å². The third-order valence-corrected chi connectivity index (χ3v) is 2.68. The molecule has 2 rings (SSSR count). The molecule has 2 aromatic rings. The first-order valence-electron chi connectivity index (χ1n) is 5.66. The van der Waals surface area contributed by atoms with Crippen molar-refractivity contribution in [1.82, 2.24) is 19.5 Å². The lowest BCUT2D eigenvalue weighted by Crippen LogP contribution is -2.22. The van der Waals surface area contributed by atoms with Crippen molar-refractivity contribution in [2.24, 2.45) is 7.05 Å². The van der Waals surface area contributed by atoms with E-state index in [1.807, 2.05) is 0 Å². The van der Waals surface area contributed by atoms with E-state index in [0.717, 1.165) is 0 Å². The summed E-state index contributed by atoms with van der Waals surface area (Å²) in [5, 5.41) is 0. The highest BCUT2D eigenvalue weighted by molar-refractivity contribution is 5.46. The van der Waals surface area contributed by atoms with Gasteiger partial charge in [0.05, 0.1) is 6.54 Å². The van der Waals surface area contributed by atoms with Crippen LogP contribution < -0.4 is 10.6 Å². The summed E-state index contributed by atoms with van der Waals surface area (Å²) < 4.78 is 39.7. The number of anilines is 2. The van der Waals surface area contributed by atoms with E-state index in [0.29, 0.717) is 12.4 Å². The summed E-state index contributed by atoms with van der Waals surface area (Å²) >= 11 is 0. The normalized spacial score (nSPS) is 11.7. The van der Waals surface area contributed by atoms with Crippen LogP contribution in [0.3, 0.4) is 0 Å². The van der Waals surface area contributed by atoms with E-state index in [1.165, 1.54) is 11.0 Å². The summed E-state index contributed by atoms with van der Waals surface area (Å²) in [4.78, 5) is 12.3. The van der Waals surface area contributed by atoms with Gasteiger partial charge in [-0.05, 0) is 0 Å². The Kier molecular flexibility index (Phi) is 3.51. The smallest absolute Gasteiger partial charge is 0.384 e. The maximum Gasteiger partial charge on any atom is 0.451 e. The first kappa shape index (κ1) is 14.1. The number of hydrogen-bond donors (Lipinski definition) is 1. The van der Waals surface area contributed by atoms with E-state index >= 15 is 0 Å². The molecule has 20 heavy (non-hydrogen) atoms. The molecule has 0 saturated carbocycles. The quantitative estimate of drug-likeness (QED) is 0.924. The van der Waals surface area contributed by atoms with Crippen molar-refractivity contribution in [2.75, 3.05) is 17.7 Å². The maximum absolute atomic E-state index is 12.6. The summed E-state index contributed by atoms with van der Waals surface area (Å²) in [6, 6.07) is 1.29. The van der Waals surface area contributed by atoms with Gasteiger partial charge in [0.2, 0.25) is 5.82 Å². The second-order valence-electron chi connectivity index (χ2n) is 4.28. The fraction of sp³-hybridized carbons (Fsp3) is 0.364. The van der Waals surface area contributed by atoms with E-state index < -0.39 is 12.0 Å². The summed E-state index contributed by atoms with van der Waals surface area (Å²) in [5.74, 6) is -0.695. The lowest BCUT2D eigenvalue weighted by atomic mass is 10.4. The number of alkyl halides is 3. The van der Waals surface area contributed by atoms with Crippen molar-refractivity contribution in [1.29, 1.82) is 0 Å². The highest BCUT2D eigenvalue weighted by atomic mass is 19.4. The average molecular weight is 286 g/mol. The third-order valence-electron chi connectivity index (χ3n) is 2.68. The summed E-state index contributed by atoms with van der Waals surface area (Å²) in [6.07, 6.45) is -1.27. The molecule has 2 N–H and O–H groups in total. The second kappa shape index (κ2) is 4.99. The van der Waals surface area contributed by atoms with Crippen molar-refractivity contribution in [3.8, 4) is 0 Å². The van der Waals surface area contributed by atoms with Crippen LogP contribution in [0.15, 0.2) is 18.5 Å². The molecule has 0 saturated heterocycles. The van der Waals surface area contributed by atoms with E-state index in [2.05, 4.69) is 15.0 Å². The highest BCUT2D eigenvalue weighted by Crippen LogP contribution is 2.28. The van der Waals surface area contributed by atoms with Crippen molar-refractivity contribution in [2.45, 2.75) is 12.7 Å². The fourth-order valence-corrected chi connectivity index (χ4v) is 1.62. The van der Waals surface area contributed by atoms with Gasteiger partial charge in [0.25, 0.3) is 0 Å². The Bertz CT molecular complexity index is 606. The Morgan fingerprint density at radius 2 is 2.05 bits per heavy atom. The Balaban J connectivity index is 2.28. The molecule has 6 nitrogen and oxygen atoms in total. The Hall–Kier alpha value is -2.32. The molecular formula is C11H13F3N6. The van der Waals surface area contributed by atoms with Crippen molar-refractivity contribution in [3.63, 3.8) is 0 Å². The van der Waals surface area contributed by atoms with Gasteiger partial charge >= 0.3 is 6.18 Å². The molecule has 0 bridgehead atoms. The molecule has 0 radical (unpaired) electrons. The number of imidazole rings is 1. The third kappa shape index (κ3) is 2.98. The van der Waals surface area contributed by atoms with Crippen LogP contribution >= 0.6 is 0 Å². The topological polar surface area (TPSA) is 72.9 Å². The van der Waals surface area contributed by atoms with Crippen LogP contribution in [0.25, 0.3) is 0 Å². The van der Waals surface area contributed by atoms with E-state index in [1.54, 1.807) is 31.1 Å². The number of nitrogen functional groups attached to an aromatic ring is 1. The highest BCUT2D eigenvalue weighted by Gasteiger charge is 2.35. The molecule has 2 aromatic heterocycles. The first-order valence-corrected chi connectivity index (χ1v) is 5.66. The average Bonchev–Trinajstić information content (AvgIpc) is 2.73. The van der Waals surface area contributed by atoms with Gasteiger partial charge in [0.15, 0.2) is 0 Å². The SMILES string of the molecule is CN(Cc1nccn1C)c1cc(N)nc(C(F)(F)F)n1. The van der Waals surface area contributed by atoms with Crippen LogP contribution in [-0.2, 0) is 19.8 Å². The Morgan fingerprint density at radius 3 is 2.60 bits per heavy atom. The van der Waals surface area contributed by atoms with Crippen LogP contribution in [0.2, 0.25) is 0 Å². The number of hydrogen-bond acceptors (Lipinski definition) is 5. The molecule has 0 aromatic carbocycles. The molecule has 0 aliphatic rings. The Morgan fingerprint density at radius 1 is 1.35 bits per heavy atom. The van der Waals surface area contributed by atoms with Crippen LogP contribution in [0, 0.1) is 0 Å². The number of aromatic nitrogens is 4. The molecule has 2 heterocycles. The Labute approximate surface area is 113 Å².